The van der Waals surface area contributed by atoms with Crippen LogP contribution in [0.4, 0.5) is 0 Å². The molecule has 3 N–H and O–H groups in total. The lowest BCUT2D eigenvalue weighted by Gasteiger charge is -2.12. The van der Waals surface area contributed by atoms with Crippen LogP contribution in [0.15, 0.2) is 0 Å². The van der Waals surface area contributed by atoms with Gasteiger partial charge in [-0.3, -0.25) is 4.79 Å². The minimum absolute atomic E-state index is 0.0988. The van der Waals surface area contributed by atoms with Gasteiger partial charge in [-0.1, -0.05) is 13.8 Å². The number of carbonyl (C=O) groups excluding carboxylic acids is 1. The Kier molecular flexibility index (Phi) is 4.39. The summed E-state index contributed by atoms with van der Waals surface area (Å²) in [6, 6.07) is 0. The fraction of sp³-hybridized carbons (Fsp3) is 0.909. The van der Waals surface area contributed by atoms with Gasteiger partial charge in [-0.15, -0.1) is 0 Å². The molecule has 14 heavy (non-hydrogen) atoms. The second-order valence-corrected chi connectivity index (χ2v) is 4.68. The molecular weight excluding hydrogens is 176 g/mol. The molecular formula is C11H22N2O. The lowest BCUT2D eigenvalue weighted by Crippen LogP contribution is -2.31. The molecule has 82 valence electrons. The summed E-state index contributed by atoms with van der Waals surface area (Å²) >= 11 is 0. The molecule has 1 aliphatic carbocycles. The Morgan fingerprint density at radius 1 is 1.43 bits per heavy atom. The molecule has 1 aliphatic rings. The van der Waals surface area contributed by atoms with Crippen molar-refractivity contribution in [3.05, 3.63) is 0 Å². The van der Waals surface area contributed by atoms with Crippen molar-refractivity contribution in [2.45, 2.75) is 33.1 Å². The molecule has 0 aromatic carbocycles. The van der Waals surface area contributed by atoms with Gasteiger partial charge in [-0.2, -0.15) is 0 Å². The number of hydrogen-bond donors (Lipinski definition) is 2. The van der Waals surface area contributed by atoms with Gasteiger partial charge in [0.25, 0.3) is 0 Å². The van der Waals surface area contributed by atoms with E-state index in [2.05, 4.69) is 5.32 Å². The Hall–Kier alpha value is -0.570. The monoisotopic (exact) mass is 198 g/mol. The van der Waals surface area contributed by atoms with Crippen molar-refractivity contribution in [2.24, 2.45) is 23.5 Å². The number of rotatable bonds is 4. The van der Waals surface area contributed by atoms with Crippen LogP contribution in [0.1, 0.15) is 33.1 Å². The molecule has 3 nitrogen and oxygen atoms in total. The molecule has 1 saturated carbocycles. The summed E-state index contributed by atoms with van der Waals surface area (Å²) in [5, 5.41) is 2.99. The van der Waals surface area contributed by atoms with Crippen LogP contribution in [0, 0.1) is 17.8 Å². The minimum Gasteiger partial charge on any atom is -0.356 e. The largest absolute Gasteiger partial charge is 0.356 e. The topological polar surface area (TPSA) is 55.1 Å². The normalized spacial score (nSPS) is 26.9. The van der Waals surface area contributed by atoms with Crippen LogP contribution in [0.5, 0.6) is 0 Å². The minimum atomic E-state index is 0.0988. The average molecular weight is 198 g/mol. The van der Waals surface area contributed by atoms with Crippen molar-refractivity contribution in [1.82, 2.24) is 5.32 Å². The molecule has 2 atom stereocenters. The van der Waals surface area contributed by atoms with Crippen LogP contribution in [0.25, 0.3) is 0 Å². The molecule has 0 saturated heterocycles. The zero-order chi connectivity index (χ0) is 10.6. The van der Waals surface area contributed by atoms with Gasteiger partial charge in [0.2, 0.25) is 5.91 Å². The summed E-state index contributed by atoms with van der Waals surface area (Å²) in [6.07, 6.45) is 3.65. The second-order valence-electron chi connectivity index (χ2n) is 4.68. The maximum atomic E-state index is 11.3. The maximum absolute atomic E-state index is 11.3. The molecule has 3 heteroatoms. The van der Waals surface area contributed by atoms with E-state index in [0.717, 1.165) is 13.1 Å². The third-order valence-corrected chi connectivity index (χ3v) is 3.07. The Balaban J connectivity index is 2.17. The van der Waals surface area contributed by atoms with Gasteiger partial charge in [0.05, 0.1) is 0 Å². The summed E-state index contributed by atoms with van der Waals surface area (Å²) in [4.78, 5) is 11.3. The van der Waals surface area contributed by atoms with E-state index in [1.165, 1.54) is 19.3 Å². The summed E-state index contributed by atoms with van der Waals surface area (Å²) in [5.41, 5.74) is 5.61. The highest BCUT2D eigenvalue weighted by Gasteiger charge is 2.23. The number of hydrogen-bond acceptors (Lipinski definition) is 2. The smallest absolute Gasteiger partial charge is 0.222 e. The van der Waals surface area contributed by atoms with E-state index in [4.69, 9.17) is 5.73 Å². The van der Waals surface area contributed by atoms with E-state index in [9.17, 15) is 4.79 Å². The molecule has 0 aromatic rings. The van der Waals surface area contributed by atoms with E-state index < -0.39 is 0 Å². The van der Waals surface area contributed by atoms with Crippen LogP contribution < -0.4 is 11.1 Å². The standard InChI is InChI=1S/C11H22N2O/c1-8(2)11(14)13-7-10-4-3-9(5-10)6-12/h8-10H,3-7,12H2,1-2H3,(H,13,14)/t9-,10+/m0/s1. The first-order valence-corrected chi connectivity index (χ1v) is 5.61. The van der Waals surface area contributed by atoms with E-state index in [1.807, 2.05) is 13.8 Å². The Bertz CT molecular complexity index is 192. The molecule has 0 aliphatic heterocycles. The SMILES string of the molecule is CC(C)C(=O)NC[C@@H]1CC[C@H](CN)C1. The number of amides is 1. The molecule has 1 amide bonds. The zero-order valence-corrected chi connectivity index (χ0v) is 9.25. The lowest BCUT2D eigenvalue weighted by atomic mass is 10.0. The van der Waals surface area contributed by atoms with Crippen molar-refractivity contribution in [2.75, 3.05) is 13.1 Å². The van der Waals surface area contributed by atoms with Crippen molar-refractivity contribution in [3.8, 4) is 0 Å². The summed E-state index contributed by atoms with van der Waals surface area (Å²) in [6.45, 7) is 5.49. The van der Waals surface area contributed by atoms with Crippen molar-refractivity contribution < 1.29 is 4.79 Å². The van der Waals surface area contributed by atoms with Crippen LogP contribution in [0.3, 0.4) is 0 Å². The van der Waals surface area contributed by atoms with Gasteiger partial charge in [-0.05, 0) is 37.6 Å². The first-order chi connectivity index (χ1) is 6.63. The predicted octanol–water partition coefficient (Wildman–Crippen LogP) is 1.13. The summed E-state index contributed by atoms with van der Waals surface area (Å²) < 4.78 is 0. The summed E-state index contributed by atoms with van der Waals surface area (Å²) in [7, 11) is 0. The molecule has 0 heterocycles. The van der Waals surface area contributed by atoms with E-state index in [0.29, 0.717) is 11.8 Å². The van der Waals surface area contributed by atoms with Crippen molar-refractivity contribution >= 4 is 5.91 Å². The summed E-state index contributed by atoms with van der Waals surface area (Å²) in [5.74, 6) is 1.62. The third-order valence-electron chi connectivity index (χ3n) is 3.07. The van der Waals surface area contributed by atoms with Gasteiger partial charge in [0, 0.05) is 12.5 Å². The number of nitrogens with two attached hydrogens (primary N) is 1. The van der Waals surface area contributed by atoms with Gasteiger partial charge in [-0.25, -0.2) is 0 Å². The Morgan fingerprint density at radius 3 is 2.57 bits per heavy atom. The van der Waals surface area contributed by atoms with E-state index in [1.54, 1.807) is 0 Å². The van der Waals surface area contributed by atoms with Gasteiger partial charge in [0.1, 0.15) is 0 Å². The quantitative estimate of drug-likeness (QED) is 0.711. The molecule has 1 rings (SSSR count). The van der Waals surface area contributed by atoms with Gasteiger partial charge in [0.15, 0.2) is 0 Å². The number of nitrogens with one attached hydrogen (secondary N) is 1. The fourth-order valence-electron chi connectivity index (χ4n) is 2.03. The average Bonchev–Trinajstić information content (AvgIpc) is 2.61. The maximum Gasteiger partial charge on any atom is 0.222 e. The third kappa shape index (κ3) is 3.29. The van der Waals surface area contributed by atoms with Gasteiger partial charge >= 0.3 is 0 Å². The highest BCUT2D eigenvalue weighted by Crippen LogP contribution is 2.29. The van der Waals surface area contributed by atoms with Crippen LogP contribution in [-0.2, 0) is 4.79 Å². The highest BCUT2D eigenvalue weighted by molar-refractivity contribution is 5.77. The Morgan fingerprint density at radius 2 is 2.07 bits per heavy atom. The highest BCUT2D eigenvalue weighted by atomic mass is 16.1. The first-order valence-electron chi connectivity index (χ1n) is 5.61. The molecule has 0 aromatic heterocycles. The van der Waals surface area contributed by atoms with Crippen LogP contribution >= 0.6 is 0 Å². The molecule has 0 unspecified atom stereocenters. The van der Waals surface area contributed by atoms with Crippen molar-refractivity contribution in [1.29, 1.82) is 0 Å². The van der Waals surface area contributed by atoms with Crippen LogP contribution in [0.2, 0.25) is 0 Å². The molecule has 0 bridgehead atoms. The van der Waals surface area contributed by atoms with E-state index in [-0.39, 0.29) is 11.8 Å². The van der Waals surface area contributed by atoms with Gasteiger partial charge < -0.3 is 11.1 Å². The zero-order valence-electron chi connectivity index (χ0n) is 9.25. The number of carbonyl (C=O) groups is 1. The lowest BCUT2D eigenvalue weighted by molar-refractivity contribution is -0.124. The van der Waals surface area contributed by atoms with Crippen molar-refractivity contribution in [3.63, 3.8) is 0 Å². The van der Waals surface area contributed by atoms with Crippen LogP contribution in [-0.4, -0.2) is 19.0 Å². The molecule has 1 fully saturated rings. The fourth-order valence-corrected chi connectivity index (χ4v) is 2.03. The molecule has 0 spiro atoms. The second kappa shape index (κ2) is 5.35. The predicted molar refractivity (Wildman–Crippen MR) is 57.7 cm³/mol. The first kappa shape index (κ1) is 11.5. The van der Waals surface area contributed by atoms with E-state index >= 15 is 0 Å². The Labute approximate surface area is 86.4 Å². The molecule has 0 radical (unpaired) electrons.